The number of hydrogen-bond donors (Lipinski definition) is 1. The first-order valence-corrected chi connectivity index (χ1v) is 10.7. The number of amides is 1. The molecule has 1 fully saturated rings. The van der Waals surface area contributed by atoms with Crippen molar-refractivity contribution in [1.29, 1.82) is 0 Å². The third kappa shape index (κ3) is 4.03. The molecule has 0 saturated carbocycles. The lowest BCUT2D eigenvalue weighted by Crippen LogP contribution is -2.54. The zero-order chi connectivity index (χ0) is 21.1. The number of fused-ring (bicyclic) bond motifs is 1. The van der Waals surface area contributed by atoms with Crippen LogP contribution < -0.4 is 5.32 Å². The summed E-state index contributed by atoms with van der Waals surface area (Å²) in [5.74, 6) is 0.944. The minimum Gasteiger partial charge on any atom is -0.358 e. The van der Waals surface area contributed by atoms with Crippen LogP contribution in [0.2, 0.25) is 0 Å². The van der Waals surface area contributed by atoms with Gasteiger partial charge < -0.3 is 10.2 Å². The smallest absolute Gasteiger partial charge is 0.244 e. The molecule has 7 nitrogen and oxygen atoms in total. The summed E-state index contributed by atoms with van der Waals surface area (Å²) in [7, 11) is 0. The average molecular weight is 407 g/mol. The predicted molar refractivity (Wildman–Crippen MR) is 119 cm³/mol. The summed E-state index contributed by atoms with van der Waals surface area (Å²) in [6.07, 6.45) is 6.48. The van der Waals surface area contributed by atoms with Gasteiger partial charge in [-0.25, -0.2) is 4.98 Å². The van der Waals surface area contributed by atoms with Crippen molar-refractivity contribution in [3.63, 3.8) is 0 Å². The maximum absolute atomic E-state index is 13.2. The highest BCUT2D eigenvalue weighted by molar-refractivity contribution is 5.86. The van der Waals surface area contributed by atoms with E-state index in [2.05, 4.69) is 29.0 Å². The summed E-state index contributed by atoms with van der Waals surface area (Å²) in [6, 6.07) is 10.2. The fourth-order valence-electron chi connectivity index (χ4n) is 4.02. The average Bonchev–Trinajstić information content (AvgIpc) is 3.17. The third-order valence-electron chi connectivity index (χ3n) is 6.04. The van der Waals surface area contributed by atoms with Crippen LogP contribution in [0.15, 0.2) is 48.9 Å². The van der Waals surface area contributed by atoms with E-state index in [1.807, 2.05) is 52.8 Å². The number of anilines is 1. The molecule has 1 aliphatic heterocycles. The number of hydrogen-bond acceptors (Lipinski definition) is 5. The number of carbonyl (C=O) groups excluding carboxylic acids is 1. The molecule has 1 saturated heterocycles. The van der Waals surface area contributed by atoms with Crippen LogP contribution in [0.3, 0.4) is 0 Å². The van der Waals surface area contributed by atoms with E-state index >= 15 is 0 Å². The third-order valence-corrected chi connectivity index (χ3v) is 6.04. The van der Waals surface area contributed by atoms with Crippen molar-refractivity contribution in [1.82, 2.24) is 24.2 Å². The van der Waals surface area contributed by atoms with Crippen molar-refractivity contribution in [2.24, 2.45) is 0 Å². The van der Waals surface area contributed by atoms with Crippen molar-refractivity contribution in [2.45, 2.75) is 39.3 Å². The fourth-order valence-corrected chi connectivity index (χ4v) is 4.02. The second-order valence-electron chi connectivity index (χ2n) is 7.96. The summed E-state index contributed by atoms with van der Waals surface area (Å²) in [6.45, 7) is 9.82. The molecule has 1 aromatic carbocycles. The topological polar surface area (TPSA) is 65.8 Å². The quantitative estimate of drug-likeness (QED) is 0.681. The molecule has 2 unspecified atom stereocenters. The SMILES string of the molecule is CCC(C)N1CCN(C(=O)C(C)Nc2c(-c3ccccc3)nc3cnccn23)CC1. The minimum atomic E-state index is -0.351. The first-order valence-electron chi connectivity index (χ1n) is 10.7. The van der Waals surface area contributed by atoms with Crippen LogP contribution in [0.25, 0.3) is 16.9 Å². The van der Waals surface area contributed by atoms with E-state index in [0.29, 0.717) is 6.04 Å². The van der Waals surface area contributed by atoms with Crippen molar-refractivity contribution in [3.8, 4) is 11.3 Å². The van der Waals surface area contributed by atoms with Gasteiger partial charge in [-0.2, -0.15) is 0 Å². The molecule has 0 spiro atoms. The van der Waals surface area contributed by atoms with Crippen LogP contribution in [-0.4, -0.2) is 68.3 Å². The molecule has 1 N–H and O–H groups in total. The molecule has 2 atom stereocenters. The molecular weight excluding hydrogens is 376 g/mol. The molecule has 0 bridgehead atoms. The van der Waals surface area contributed by atoms with Gasteiger partial charge in [0.05, 0.1) is 6.20 Å². The van der Waals surface area contributed by atoms with Gasteiger partial charge >= 0.3 is 0 Å². The van der Waals surface area contributed by atoms with Gasteiger partial charge in [0.2, 0.25) is 5.91 Å². The second kappa shape index (κ2) is 8.83. The molecule has 3 aromatic rings. The Morgan fingerprint density at radius 1 is 1.13 bits per heavy atom. The Hall–Kier alpha value is -2.93. The number of nitrogens with zero attached hydrogens (tertiary/aromatic N) is 5. The van der Waals surface area contributed by atoms with Crippen LogP contribution in [-0.2, 0) is 4.79 Å². The van der Waals surface area contributed by atoms with Crippen molar-refractivity contribution < 1.29 is 4.79 Å². The van der Waals surface area contributed by atoms with E-state index in [0.717, 1.165) is 55.3 Å². The zero-order valence-electron chi connectivity index (χ0n) is 18.0. The summed E-state index contributed by atoms with van der Waals surface area (Å²) in [5, 5.41) is 3.44. The summed E-state index contributed by atoms with van der Waals surface area (Å²) >= 11 is 0. The molecule has 7 heteroatoms. The Morgan fingerprint density at radius 2 is 1.87 bits per heavy atom. The lowest BCUT2D eigenvalue weighted by atomic mass is 10.1. The van der Waals surface area contributed by atoms with Gasteiger partial charge in [-0.3, -0.25) is 19.1 Å². The number of carbonyl (C=O) groups is 1. The number of piperazine rings is 1. The number of rotatable bonds is 6. The Kier molecular flexibility index (Phi) is 5.99. The summed E-state index contributed by atoms with van der Waals surface area (Å²) in [4.78, 5) is 26.5. The van der Waals surface area contributed by atoms with E-state index in [9.17, 15) is 4.79 Å². The Morgan fingerprint density at radius 3 is 2.57 bits per heavy atom. The first kappa shape index (κ1) is 20.3. The Bertz CT molecular complexity index is 993. The molecule has 2 aromatic heterocycles. The number of benzene rings is 1. The highest BCUT2D eigenvalue weighted by atomic mass is 16.2. The van der Waals surface area contributed by atoms with E-state index < -0.39 is 0 Å². The number of aromatic nitrogens is 3. The van der Waals surface area contributed by atoms with Crippen LogP contribution >= 0.6 is 0 Å². The molecule has 158 valence electrons. The standard InChI is InChI=1S/C23H30N6O/c1-4-17(2)27-12-14-28(15-13-27)23(30)18(3)25-22-21(19-8-6-5-7-9-19)26-20-16-24-10-11-29(20)22/h5-11,16-18,25H,4,12-15H2,1-3H3. The molecule has 1 aliphatic rings. The van der Waals surface area contributed by atoms with Crippen molar-refractivity contribution in [2.75, 3.05) is 31.5 Å². The number of imidazole rings is 1. The maximum Gasteiger partial charge on any atom is 0.244 e. The van der Waals surface area contributed by atoms with Crippen LogP contribution in [0, 0.1) is 0 Å². The van der Waals surface area contributed by atoms with Gasteiger partial charge in [0.25, 0.3) is 0 Å². The molecule has 0 aliphatic carbocycles. The van der Waals surface area contributed by atoms with Crippen LogP contribution in [0.5, 0.6) is 0 Å². The first-order chi connectivity index (χ1) is 14.6. The van der Waals surface area contributed by atoms with E-state index in [1.165, 1.54) is 0 Å². The van der Waals surface area contributed by atoms with Crippen molar-refractivity contribution in [3.05, 3.63) is 48.9 Å². The minimum absolute atomic E-state index is 0.127. The molecule has 3 heterocycles. The van der Waals surface area contributed by atoms with Gasteiger partial charge in [0, 0.05) is 50.2 Å². The molecular formula is C23H30N6O. The Labute approximate surface area is 177 Å². The zero-order valence-corrected chi connectivity index (χ0v) is 18.0. The Balaban J connectivity index is 1.53. The molecule has 4 rings (SSSR count). The van der Waals surface area contributed by atoms with Crippen LogP contribution in [0.1, 0.15) is 27.2 Å². The summed E-state index contributed by atoms with van der Waals surface area (Å²) < 4.78 is 1.96. The fraction of sp³-hybridized carbons (Fsp3) is 0.435. The molecule has 30 heavy (non-hydrogen) atoms. The predicted octanol–water partition coefficient (Wildman–Crippen LogP) is 3.14. The largest absolute Gasteiger partial charge is 0.358 e. The molecule has 0 radical (unpaired) electrons. The van der Waals surface area contributed by atoms with E-state index in [-0.39, 0.29) is 11.9 Å². The lowest BCUT2D eigenvalue weighted by molar-refractivity contribution is -0.133. The second-order valence-corrected chi connectivity index (χ2v) is 7.96. The maximum atomic E-state index is 13.2. The van der Waals surface area contributed by atoms with Gasteiger partial charge in [-0.05, 0) is 20.3 Å². The van der Waals surface area contributed by atoms with Gasteiger partial charge in [-0.15, -0.1) is 0 Å². The summed E-state index contributed by atoms with van der Waals surface area (Å²) in [5.41, 5.74) is 2.58. The van der Waals surface area contributed by atoms with Gasteiger partial charge in [0.1, 0.15) is 17.6 Å². The molecule has 1 amide bonds. The van der Waals surface area contributed by atoms with Crippen LogP contribution in [0.4, 0.5) is 5.82 Å². The monoisotopic (exact) mass is 406 g/mol. The van der Waals surface area contributed by atoms with Crippen molar-refractivity contribution >= 4 is 17.4 Å². The lowest BCUT2D eigenvalue weighted by Gasteiger charge is -2.38. The highest BCUT2D eigenvalue weighted by Gasteiger charge is 2.27. The number of nitrogens with one attached hydrogen (secondary N) is 1. The van der Waals surface area contributed by atoms with Gasteiger partial charge in [-0.1, -0.05) is 37.3 Å². The highest BCUT2D eigenvalue weighted by Crippen LogP contribution is 2.29. The van der Waals surface area contributed by atoms with Gasteiger partial charge in [0.15, 0.2) is 5.65 Å². The normalized spacial score (nSPS) is 17.1. The van der Waals surface area contributed by atoms with E-state index in [1.54, 1.807) is 12.4 Å². The van der Waals surface area contributed by atoms with E-state index in [4.69, 9.17) is 4.98 Å².